The number of rotatable bonds is 4. The number of aryl methyl sites for hydroxylation is 1. The summed E-state index contributed by atoms with van der Waals surface area (Å²) < 4.78 is 11.0. The van der Waals surface area contributed by atoms with Crippen molar-refractivity contribution < 1.29 is 14.3 Å². The van der Waals surface area contributed by atoms with E-state index in [1.165, 1.54) is 0 Å². The lowest BCUT2D eigenvalue weighted by atomic mass is 10.1. The highest BCUT2D eigenvalue weighted by Crippen LogP contribution is 2.21. The van der Waals surface area contributed by atoms with Gasteiger partial charge < -0.3 is 19.7 Å². The monoisotopic (exact) mass is 336 g/mol. The second-order valence-electron chi connectivity index (χ2n) is 7.18. The average molecular weight is 336 g/mol. The molecule has 0 radical (unpaired) electrons. The lowest BCUT2D eigenvalue weighted by Crippen LogP contribution is -2.42. The van der Waals surface area contributed by atoms with Crippen molar-refractivity contribution in [3.05, 3.63) is 23.8 Å². The minimum absolute atomic E-state index is 0.0129. The van der Waals surface area contributed by atoms with Crippen molar-refractivity contribution in [2.24, 2.45) is 0 Å². The molecule has 0 bridgehead atoms. The normalized spacial score (nSPS) is 22.5. The predicted molar refractivity (Wildman–Crippen MR) is 90.7 cm³/mol. The molecule has 1 amide bonds. The van der Waals surface area contributed by atoms with Crippen LogP contribution in [0.3, 0.4) is 0 Å². The Labute approximate surface area is 143 Å². The van der Waals surface area contributed by atoms with E-state index >= 15 is 0 Å². The van der Waals surface area contributed by atoms with Gasteiger partial charge in [-0.1, -0.05) is 0 Å². The van der Waals surface area contributed by atoms with Gasteiger partial charge in [-0.05, 0) is 34.6 Å². The molecule has 0 spiro atoms. The Balaban J connectivity index is 2.02. The third-order valence-electron chi connectivity index (χ3n) is 4.01. The van der Waals surface area contributed by atoms with Crippen LogP contribution in [-0.4, -0.2) is 58.9 Å². The van der Waals surface area contributed by atoms with Gasteiger partial charge in [-0.15, -0.1) is 0 Å². The molecule has 1 aliphatic rings. The Hall–Kier alpha value is -1.73. The highest BCUT2D eigenvalue weighted by molar-refractivity contribution is 5.68. The van der Waals surface area contributed by atoms with Gasteiger partial charge in [-0.25, -0.2) is 4.79 Å². The van der Waals surface area contributed by atoms with Crippen LogP contribution in [-0.2, 0) is 9.47 Å². The molecular weight excluding hydrogens is 308 g/mol. The molecule has 7 nitrogen and oxygen atoms in total. The van der Waals surface area contributed by atoms with E-state index in [1.54, 1.807) is 24.4 Å². The van der Waals surface area contributed by atoms with Crippen molar-refractivity contribution in [3.8, 4) is 0 Å². The van der Waals surface area contributed by atoms with E-state index in [1.807, 2.05) is 34.6 Å². The van der Waals surface area contributed by atoms with Crippen LogP contribution in [0.1, 0.15) is 45.1 Å². The topological polar surface area (TPSA) is 76.6 Å². The highest BCUT2D eigenvalue weighted by Gasteiger charge is 2.38. The maximum Gasteiger partial charge on any atom is 0.410 e. The smallest absolute Gasteiger partial charge is 0.410 e. The van der Waals surface area contributed by atoms with Crippen LogP contribution in [0.15, 0.2) is 12.4 Å². The second-order valence-corrected chi connectivity index (χ2v) is 7.18. The quantitative estimate of drug-likeness (QED) is 0.907. The van der Waals surface area contributed by atoms with E-state index in [4.69, 9.17) is 9.47 Å². The molecule has 2 unspecified atom stereocenters. The van der Waals surface area contributed by atoms with E-state index in [0.29, 0.717) is 13.1 Å². The summed E-state index contributed by atoms with van der Waals surface area (Å²) in [6.45, 7) is 10.6. The van der Waals surface area contributed by atoms with Gasteiger partial charge in [0.1, 0.15) is 5.60 Å². The first-order valence-corrected chi connectivity index (χ1v) is 8.25. The van der Waals surface area contributed by atoms with Crippen molar-refractivity contribution in [2.45, 2.75) is 58.4 Å². The van der Waals surface area contributed by atoms with Crippen LogP contribution in [0.4, 0.5) is 4.79 Å². The third kappa shape index (κ3) is 4.64. The summed E-state index contributed by atoms with van der Waals surface area (Å²) in [6.07, 6.45) is 2.98. The molecule has 2 rings (SSSR count). The predicted octanol–water partition coefficient (Wildman–Crippen LogP) is 2.07. The number of carbonyl (C=O) groups excluding carboxylic acids is 1. The molecule has 1 aromatic rings. The molecule has 1 fully saturated rings. The zero-order valence-corrected chi connectivity index (χ0v) is 15.4. The lowest BCUT2D eigenvalue weighted by molar-refractivity contribution is 0.0252. The minimum atomic E-state index is -0.505. The summed E-state index contributed by atoms with van der Waals surface area (Å²) in [7, 11) is 1.66. The van der Waals surface area contributed by atoms with Crippen molar-refractivity contribution >= 4 is 6.09 Å². The van der Waals surface area contributed by atoms with Gasteiger partial charge in [0.05, 0.1) is 30.1 Å². The molecule has 1 aliphatic heterocycles. The molecule has 1 N–H and O–H groups in total. The molecule has 0 aliphatic carbocycles. The minimum Gasteiger partial charge on any atom is -0.444 e. The van der Waals surface area contributed by atoms with Gasteiger partial charge in [-0.2, -0.15) is 0 Å². The van der Waals surface area contributed by atoms with Crippen LogP contribution in [0, 0.1) is 6.92 Å². The maximum absolute atomic E-state index is 12.3. The van der Waals surface area contributed by atoms with Crippen LogP contribution in [0.25, 0.3) is 0 Å². The Morgan fingerprint density at radius 3 is 2.58 bits per heavy atom. The molecule has 1 aromatic heterocycles. The first-order chi connectivity index (χ1) is 11.2. The molecule has 2 heterocycles. The maximum atomic E-state index is 12.3. The van der Waals surface area contributed by atoms with Crippen LogP contribution >= 0.6 is 0 Å². The largest absolute Gasteiger partial charge is 0.444 e. The van der Waals surface area contributed by atoms with Gasteiger partial charge in [0.25, 0.3) is 0 Å². The summed E-state index contributed by atoms with van der Waals surface area (Å²) in [5.41, 5.74) is 1.30. The van der Waals surface area contributed by atoms with E-state index < -0.39 is 5.60 Å². The van der Waals surface area contributed by atoms with Crippen molar-refractivity contribution in [3.63, 3.8) is 0 Å². The van der Waals surface area contributed by atoms with E-state index in [-0.39, 0.29) is 24.3 Å². The molecular formula is C17H28N4O3. The number of carbonyl (C=O) groups is 1. The molecule has 0 saturated carbocycles. The van der Waals surface area contributed by atoms with Gasteiger partial charge in [-0.3, -0.25) is 9.97 Å². The van der Waals surface area contributed by atoms with Crippen molar-refractivity contribution in [2.75, 3.05) is 20.2 Å². The van der Waals surface area contributed by atoms with Gasteiger partial charge in [0, 0.05) is 32.1 Å². The van der Waals surface area contributed by atoms with Crippen LogP contribution in [0.5, 0.6) is 0 Å². The Bertz CT molecular complexity index is 573. The summed E-state index contributed by atoms with van der Waals surface area (Å²) in [4.78, 5) is 22.6. The van der Waals surface area contributed by atoms with Crippen LogP contribution in [0.2, 0.25) is 0 Å². The van der Waals surface area contributed by atoms with Gasteiger partial charge in [0.15, 0.2) is 0 Å². The zero-order valence-electron chi connectivity index (χ0n) is 15.4. The SMILES string of the molecule is CO[C@H]1CN(C(=O)OC(C)(C)C)CC1NC(C)c1nccnc1C. The molecule has 1 saturated heterocycles. The van der Waals surface area contributed by atoms with Crippen molar-refractivity contribution in [1.29, 1.82) is 0 Å². The number of hydrogen-bond donors (Lipinski definition) is 1. The number of amides is 1. The fourth-order valence-electron chi connectivity index (χ4n) is 2.89. The number of hydrogen-bond acceptors (Lipinski definition) is 6. The number of nitrogens with one attached hydrogen (secondary N) is 1. The summed E-state index contributed by atoms with van der Waals surface area (Å²) in [5, 5.41) is 3.51. The van der Waals surface area contributed by atoms with Gasteiger partial charge >= 0.3 is 6.09 Å². The fourth-order valence-corrected chi connectivity index (χ4v) is 2.89. The Morgan fingerprint density at radius 2 is 2.00 bits per heavy atom. The first-order valence-electron chi connectivity index (χ1n) is 8.25. The average Bonchev–Trinajstić information content (AvgIpc) is 2.89. The summed E-state index contributed by atoms with van der Waals surface area (Å²) in [5.74, 6) is 0. The Kier molecular flexibility index (Phi) is 5.77. The number of methoxy groups -OCH3 is 1. The third-order valence-corrected chi connectivity index (χ3v) is 4.01. The van der Waals surface area contributed by atoms with E-state index in [0.717, 1.165) is 11.4 Å². The van der Waals surface area contributed by atoms with Crippen molar-refractivity contribution in [1.82, 2.24) is 20.2 Å². The number of aromatic nitrogens is 2. The van der Waals surface area contributed by atoms with Crippen LogP contribution < -0.4 is 5.32 Å². The molecule has 0 aromatic carbocycles. The zero-order chi connectivity index (χ0) is 17.9. The molecule has 134 valence electrons. The molecule has 24 heavy (non-hydrogen) atoms. The first kappa shape index (κ1) is 18.6. The number of nitrogens with zero attached hydrogens (tertiary/aromatic N) is 3. The van der Waals surface area contributed by atoms with E-state index in [9.17, 15) is 4.79 Å². The molecule has 3 atom stereocenters. The Morgan fingerprint density at radius 1 is 1.33 bits per heavy atom. The van der Waals surface area contributed by atoms with E-state index in [2.05, 4.69) is 15.3 Å². The summed E-state index contributed by atoms with van der Waals surface area (Å²) >= 11 is 0. The standard InChI is InChI=1S/C17H28N4O3/c1-11-15(19-8-7-18-11)12(2)20-13-9-21(10-14(13)23-6)16(22)24-17(3,4)5/h7-8,12-14,20H,9-10H2,1-6H3/t12?,13?,14-/m0/s1. The number of ether oxygens (including phenoxy) is 2. The lowest BCUT2D eigenvalue weighted by Gasteiger charge is -2.25. The second kappa shape index (κ2) is 7.44. The fraction of sp³-hybridized carbons (Fsp3) is 0.706. The summed E-state index contributed by atoms with van der Waals surface area (Å²) in [6, 6.07) is 0.0267. The molecule has 7 heteroatoms. The highest BCUT2D eigenvalue weighted by atomic mass is 16.6. The number of likely N-dealkylation sites (tertiary alicyclic amines) is 1. The van der Waals surface area contributed by atoms with Gasteiger partial charge in [0.2, 0.25) is 0 Å².